The van der Waals surface area contributed by atoms with Crippen LogP contribution in [0.25, 0.3) is 11.1 Å². The summed E-state index contributed by atoms with van der Waals surface area (Å²) in [6.07, 6.45) is -2.51. The van der Waals surface area contributed by atoms with Gasteiger partial charge >= 0.3 is 18.3 Å². The van der Waals surface area contributed by atoms with Gasteiger partial charge < -0.3 is 70.9 Å². The zero-order valence-electron chi connectivity index (χ0n) is 48.3. The molecule has 0 unspecified atom stereocenters. The van der Waals surface area contributed by atoms with E-state index in [1.807, 2.05) is 13.0 Å². The number of likely N-dealkylation sites (N-methyl/N-ethyl adjacent to an activating group) is 1. The first kappa shape index (κ1) is 64.6. The molecule has 5 atom stereocenters. The summed E-state index contributed by atoms with van der Waals surface area (Å²) in [6, 6.07) is 7.85. The smallest absolute Gasteiger partial charge is 0.407 e. The van der Waals surface area contributed by atoms with Crippen LogP contribution >= 0.6 is 0 Å². The number of aliphatic hydroxyl groups excluding tert-OH is 1. The van der Waals surface area contributed by atoms with E-state index in [4.69, 9.17) is 23.7 Å². The van der Waals surface area contributed by atoms with Crippen LogP contribution in [0.1, 0.15) is 121 Å². The second-order valence-corrected chi connectivity index (χ2v) is 22.4. The largest absolute Gasteiger partial charge is 0.491 e. The lowest BCUT2D eigenvalue weighted by molar-refractivity contribution is -0.141. The Labute approximate surface area is 467 Å². The lowest BCUT2D eigenvalue weighted by Gasteiger charge is -2.33. The number of carbonyl (C=O) groups is 9. The number of Topliss-reactive ketones (excluding diaryl/α,β-unsaturated/α-hetero) is 1. The van der Waals surface area contributed by atoms with E-state index in [0.717, 1.165) is 10.5 Å². The van der Waals surface area contributed by atoms with Gasteiger partial charge in [0.25, 0.3) is 5.91 Å². The van der Waals surface area contributed by atoms with Gasteiger partial charge in [-0.2, -0.15) is 0 Å². The lowest BCUT2D eigenvalue weighted by Crippen LogP contribution is -2.57. The van der Waals surface area contributed by atoms with Crippen LogP contribution in [-0.4, -0.2) is 151 Å². The van der Waals surface area contributed by atoms with Crippen molar-refractivity contribution in [3.63, 3.8) is 0 Å². The zero-order chi connectivity index (χ0) is 59.9. The Kier molecular flexibility index (Phi) is 22.8. The van der Waals surface area contributed by atoms with Crippen molar-refractivity contribution in [2.75, 3.05) is 46.5 Å². The highest BCUT2D eigenvalue weighted by Gasteiger charge is 2.37. The van der Waals surface area contributed by atoms with Gasteiger partial charge in [-0.1, -0.05) is 29.8 Å². The van der Waals surface area contributed by atoms with Gasteiger partial charge in [-0.05, 0) is 143 Å². The number of ether oxygens (including phenoxy) is 5. The zero-order valence-corrected chi connectivity index (χ0v) is 48.3. The molecular weight excluding hydrogens is 1040 g/mol. The Morgan fingerprint density at radius 3 is 1.74 bits per heavy atom. The van der Waals surface area contributed by atoms with Gasteiger partial charge in [0.1, 0.15) is 72.3 Å². The molecule has 3 aromatic carbocycles. The standard InChI is InChI=1S/C57H80N8O15/c1-32-15-18-38(33(2)27-32)48(69)63-41(21-22-58-52(73)78-55(5,6)7)51(72)65(14)46-37-17-20-45(77-26-24-60-54(75)80-57(11,12)13)40(30-37)39-28-36(16-19-44(39)76-25-23-59-53(74)79-56(8,9)10)29-42(49(70)61-34(3)43(67)31-66)64-47(68)35(4)62-50(46)71/h15-20,27-28,30,34-35,41-42,46,66H,21-26,29,31H2,1-14H3,(H,58,73)(H,59,74)(H,60,75)(H,61,70)(H,62,71)(H,63,69)(H,64,68)/t34-,35-,41-,42-,46-/m0/s1. The Balaban J connectivity index is 1.94. The molecule has 0 aromatic heterocycles. The normalized spacial score (nSPS) is 16.4. The van der Waals surface area contributed by atoms with Crippen molar-refractivity contribution < 1.29 is 71.9 Å². The molecule has 4 rings (SSSR count). The number of amides is 8. The Morgan fingerprint density at radius 1 is 0.688 bits per heavy atom. The highest BCUT2D eigenvalue weighted by atomic mass is 16.6. The number of hydrogen-bond donors (Lipinski definition) is 8. The van der Waals surface area contributed by atoms with Crippen molar-refractivity contribution in [2.45, 2.75) is 150 Å². The van der Waals surface area contributed by atoms with Crippen molar-refractivity contribution in [3.05, 3.63) is 82.4 Å². The molecule has 0 fully saturated rings. The maximum Gasteiger partial charge on any atom is 0.407 e. The summed E-state index contributed by atoms with van der Waals surface area (Å²) in [5.74, 6) is -4.19. The minimum absolute atomic E-state index is 0.0172. The Bertz CT molecular complexity index is 2750. The minimum atomic E-state index is -1.59. The quantitative estimate of drug-likeness (QED) is 0.0601. The minimum Gasteiger partial charge on any atom is -0.491 e. The number of nitrogens with one attached hydrogen (secondary N) is 7. The molecule has 3 aromatic rings. The Hall–Kier alpha value is -7.95. The molecule has 8 N–H and O–H groups in total. The topological polar surface area (TPSA) is 307 Å². The van der Waals surface area contributed by atoms with Crippen molar-refractivity contribution in [2.24, 2.45) is 0 Å². The van der Waals surface area contributed by atoms with E-state index in [-0.39, 0.29) is 73.9 Å². The van der Waals surface area contributed by atoms with Crippen LogP contribution in [0, 0.1) is 13.8 Å². The average Bonchev–Trinajstić information content (AvgIpc) is 3.34. The van der Waals surface area contributed by atoms with E-state index in [1.165, 1.54) is 27.0 Å². The molecule has 1 aliphatic heterocycles. The monoisotopic (exact) mass is 1120 g/mol. The number of aryl methyl sites for hydroxylation is 2. The van der Waals surface area contributed by atoms with E-state index >= 15 is 9.59 Å². The van der Waals surface area contributed by atoms with Gasteiger partial charge in [0.05, 0.1) is 19.1 Å². The van der Waals surface area contributed by atoms with Crippen molar-refractivity contribution >= 4 is 53.6 Å². The molecule has 438 valence electrons. The van der Waals surface area contributed by atoms with E-state index in [1.54, 1.807) is 112 Å². The summed E-state index contributed by atoms with van der Waals surface area (Å²) in [5, 5.41) is 28.2. The fourth-order valence-electron chi connectivity index (χ4n) is 8.10. The molecule has 80 heavy (non-hydrogen) atoms. The number of nitrogens with zero attached hydrogens (tertiary/aromatic N) is 1. The third-order valence-electron chi connectivity index (χ3n) is 11.8. The molecule has 1 heterocycles. The van der Waals surface area contributed by atoms with E-state index in [9.17, 15) is 38.7 Å². The molecule has 0 spiro atoms. The maximum atomic E-state index is 15.1. The van der Waals surface area contributed by atoms with Crippen LogP contribution < -0.4 is 46.7 Å². The van der Waals surface area contributed by atoms with Crippen LogP contribution in [-0.2, 0) is 44.6 Å². The molecule has 23 nitrogen and oxygen atoms in total. The van der Waals surface area contributed by atoms with Crippen LogP contribution in [0.5, 0.6) is 11.5 Å². The van der Waals surface area contributed by atoms with Gasteiger partial charge in [-0.3, -0.25) is 28.8 Å². The number of alkyl carbamates (subject to hydrolysis) is 3. The number of ketones is 1. The summed E-state index contributed by atoms with van der Waals surface area (Å²) < 4.78 is 28.9. The van der Waals surface area contributed by atoms with Crippen molar-refractivity contribution in [3.8, 4) is 22.6 Å². The number of benzene rings is 3. The summed E-state index contributed by atoms with van der Waals surface area (Å²) in [5.41, 5.74) is 0.581. The molecule has 0 radical (unpaired) electrons. The van der Waals surface area contributed by atoms with Gasteiger partial charge in [-0.15, -0.1) is 0 Å². The van der Waals surface area contributed by atoms with Crippen LogP contribution in [0.2, 0.25) is 0 Å². The van der Waals surface area contributed by atoms with Gasteiger partial charge in [-0.25, -0.2) is 14.4 Å². The predicted octanol–water partition coefficient (Wildman–Crippen LogP) is 4.60. The molecule has 4 bridgehead atoms. The molecular formula is C57H80N8O15. The first-order valence-corrected chi connectivity index (χ1v) is 26.4. The summed E-state index contributed by atoms with van der Waals surface area (Å²) in [7, 11) is 1.34. The number of rotatable bonds is 19. The number of aliphatic hydroxyl groups is 1. The first-order valence-electron chi connectivity index (χ1n) is 26.4. The SMILES string of the molecule is Cc1ccc(C(=O)N[C@@H](CCNC(=O)OC(C)(C)C)C(=O)N(C)[C@@H]2C(=O)N[C@@H](C)C(=O)N[C@H](C(=O)N[C@@H](C)C(=O)CO)Cc3ccc(OCCNC(=O)OC(C)(C)C)c(c3)-c3cc2ccc3OCCNC(=O)OC(C)(C)C)c(C)c1. The predicted molar refractivity (Wildman–Crippen MR) is 296 cm³/mol. The molecule has 23 heteroatoms. The summed E-state index contributed by atoms with van der Waals surface area (Å²) in [4.78, 5) is 124. The number of hydrogen-bond acceptors (Lipinski definition) is 15. The number of fused-ring (bicyclic) bond motifs is 5. The van der Waals surface area contributed by atoms with Crippen molar-refractivity contribution in [1.82, 2.24) is 42.1 Å². The molecule has 0 saturated carbocycles. The van der Waals surface area contributed by atoms with Crippen LogP contribution in [0.3, 0.4) is 0 Å². The third kappa shape index (κ3) is 20.4. The third-order valence-corrected chi connectivity index (χ3v) is 11.8. The van der Waals surface area contributed by atoms with E-state index in [2.05, 4.69) is 37.2 Å². The summed E-state index contributed by atoms with van der Waals surface area (Å²) >= 11 is 0. The second kappa shape index (κ2) is 28.3. The first-order chi connectivity index (χ1) is 37.2. The van der Waals surface area contributed by atoms with Crippen LogP contribution in [0.4, 0.5) is 14.4 Å². The average molecular weight is 1120 g/mol. The van der Waals surface area contributed by atoms with Gasteiger partial charge in [0, 0.05) is 36.7 Å². The fraction of sp³-hybridized carbons (Fsp3) is 0.526. The second-order valence-electron chi connectivity index (χ2n) is 22.4. The highest BCUT2D eigenvalue weighted by Crippen LogP contribution is 2.40. The number of carbonyl (C=O) groups excluding carboxylic acids is 9. The molecule has 0 aliphatic carbocycles. The van der Waals surface area contributed by atoms with E-state index in [0.29, 0.717) is 16.7 Å². The van der Waals surface area contributed by atoms with Crippen LogP contribution in [0.15, 0.2) is 54.6 Å². The molecule has 0 saturated heterocycles. The van der Waals surface area contributed by atoms with E-state index < -0.39 is 107 Å². The maximum absolute atomic E-state index is 15.1. The van der Waals surface area contributed by atoms with Gasteiger partial charge in [0.2, 0.25) is 23.6 Å². The summed E-state index contributed by atoms with van der Waals surface area (Å²) in [6.45, 7) is 20.4. The van der Waals surface area contributed by atoms with Gasteiger partial charge in [0.15, 0.2) is 5.78 Å². The fourth-order valence-corrected chi connectivity index (χ4v) is 8.10. The van der Waals surface area contributed by atoms with Crippen molar-refractivity contribution in [1.29, 1.82) is 0 Å². The molecule has 1 aliphatic rings. The highest BCUT2D eigenvalue weighted by molar-refractivity contribution is 6.00. The Morgan fingerprint density at radius 2 is 1.21 bits per heavy atom. The molecule has 8 amide bonds. The lowest BCUT2D eigenvalue weighted by atomic mass is 9.93.